The summed E-state index contributed by atoms with van der Waals surface area (Å²) in [6, 6.07) is 0. The first-order valence-electron chi connectivity index (χ1n) is 25.7. The van der Waals surface area contributed by atoms with Gasteiger partial charge in [0.1, 0.15) is 19.8 Å². The zero-order chi connectivity index (χ0) is 45.7. The van der Waals surface area contributed by atoms with Crippen molar-refractivity contribution in [2.24, 2.45) is 0 Å². The molecule has 62 heavy (non-hydrogen) atoms. The molecule has 0 aromatic rings. The van der Waals surface area contributed by atoms with Gasteiger partial charge in [-0.1, -0.05) is 185 Å². The Morgan fingerprint density at radius 2 is 0.855 bits per heavy atom. The summed E-state index contributed by atoms with van der Waals surface area (Å²) in [4.78, 5) is 35.5. The van der Waals surface area contributed by atoms with E-state index >= 15 is 0 Å². The monoisotopic (exact) mass is 897 g/mol. The van der Waals surface area contributed by atoms with Crippen molar-refractivity contribution in [2.75, 3.05) is 47.5 Å². The summed E-state index contributed by atoms with van der Waals surface area (Å²) >= 11 is 0. The van der Waals surface area contributed by atoms with Crippen LogP contribution in [0.4, 0.5) is 0 Å². The van der Waals surface area contributed by atoms with Crippen molar-refractivity contribution in [1.82, 2.24) is 0 Å². The lowest BCUT2D eigenvalue weighted by atomic mass is 10.0. The van der Waals surface area contributed by atoms with E-state index in [0.717, 1.165) is 51.4 Å². The van der Waals surface area contributed by atoms with Crippen LogP contribution in [-0.2, 0) is 32.7 Å². The second-order valence-corrected chi connectivity index (χ2v) is 20.0. The quantitative estimate of drug-likeness (QED) is 0.0212. The lowest BCUT2D eigenvalue weighted by molar-refractivity contribution is -0.870. The van der Waals surface area contributed by atoms with Crippen LogP contribution in [0, 0.1) is 0 Å². The standard InChI is InChI=1S/C52H98NO8P/c1-6-8-10-12-14-16-18-20-22-23-24-25-26-27-28-29-31-32-34-36-38-40-42-44-51(54)58-48-50(49-60-62(56,57)59-47-46-53(3,4)5)61-52(55)45-43-41-39-37-35-33-30-21-19-17-15-13-11-9-7-2/h29,31,33,35-36,38,50H,6-28,30,32,34,37,39-49H2,1-5H3/p+1/b31-29+,35-33+,38-36+/t50-/m0/s1. The van der Waals surface area contributed by atoms with Gasteiger partial charge in [-0.2, -0.15) is 0 Å². The topological polar surface area (TPSA) is 108 Å². The fraction of sp³-hybridized carbons (Fsp3) is 0.846. The number of ether oxygens (including phenoxy) is 2. The Kier molecular flexibility index (Phi) is 43.2. The third-order valence-corrected chi connectivity index (χ3v) is 12.1. The predicted octanol–water partition coefficient (Wildman–Crippen LogP) is 15.3. The Labute approximate surface area is 382 Å². The SMILES string of the molecule is CCCCCCCCCC/C=C/CCCCCC(=O)O[C@@H](COC(=O)CCC/C=C/CC/C=C/CCCCCCCCCCCCCCCC)COP(=O)(O)OCC[N+](C)(C)C. The summed E-state index contributed by atoms with van der Waals surface area (Å²) in [5, 5.41) is 0. The van der Waals surface area contributed by atoms with E-state index in [-0.39, 0.29) is 26.1 Å². The number of likely N-dealkylation sites (N-methyl/N-ethyl adjacent to an activating group) is 1. The number of allylic oxidation sites excluding steroid dienone is 6. The molecule has 0 aliphatic rings. The minimum Gasteiger partial charge on any atom is -0.462 e. The number of rotatable bonds is 47. The van der Waals surface area contributed by atoms with Crippen LogP contribution in [0.2, 0.25) is 0 Å². The largest absolute Gasteiger partial charge is 0.472 e. The number of hydrogen-bond acceptors (Lipinski definition) is 7. The zero-order valence-electron chi connectivity index (χ0n) is 41.1. The van der Waals surface area contributed by atoms with Gasteiger partial charge < -0.3 is 18.9 Å². The third kappa shape index (κ3) is 47.7. The Hall–Kier alpha value is -1.77. The van der Waals surface area contributed by atoms with Crippen molar-refractivity contribution >= 4 is 19.8 Å². The van der Waals surface area contributed by atoms with Crippen molar-refractivity contribution in [3.63, 3.8) is 0 Å². The number of phosphoric ester groups is 1. The van der Waals surface area contributed by atoms with Gasteiger partial charge in [0.25, 0.3) is 0 Å². The fourth-order valence-electron chi connectivity index (χ4n) is 7.09. The molecule has 0 aromatic heterocycles. The van der Waals surface area contributed by atoms with E-state index in [1.165, 1.54) is 141 Å². The summed E-state index contributed by atoms with van der Waals surface area (Å²) in [7, 11) is 1.45. The molecule has 1 N–H and O–H groups in total. The van der Waals surface area contributed by atoms with Gasteiger partial charge in [-0.3, -0.25) is 18.6 Å². The van der Waals surface area contributed by atoms with Crippen LogP contribution in [0.15, 0.2) is 36.5 Å². The van der Waals surface area contributed by atoms with Crippen LogP contribution < -0.4 is 0 Å². The zero-order valence-corrected chi connectivity index (χ0v) is 42.0. The van der Waals surface area contributed by atoms with Gasteiger partial charge in [-0.15, -0.1) is 0 Å². The number of phosphoric acid groups is 1. The lowest BCUT2D eigenvalue weighted by Crippen LogP contribution is -2.37. The molecule has 9 nitrogen and oxygen atoms in total. The van der Waals surface area contributed by atoms with Crippen molar-refractivity contribution in [3.05, 3.63) is 36.5 Å². The normalized spacial score (nSPS) is 13.7. The second kappa shape index (κ2) is 44.4. The molecule has 0 saturated heterocycles. The Morgan fingerprint density at radius 3 is 1.29 bits per heavy atom. The molecule has 2 atom stereocenters. The lowest BCUT2D eigenvalue weighted by Gasteiger charge is -2.24. The highest BCUT2D eigenvalue weighted by Gasteiger charge is 2.27. The fourth-order valence-corrected chi connectivity index (χ4v) is 7.83. The molecule has 0 radical (unpaired) electrons. The highest BCUT2D eigenvalue weighted by atomic mass is 31.2. The van der Waals surface area contributed by atoms with Crippen molar-refractivity contribution in [2.45, 2.75) is 238 Å². The molecule has 10 heteroatoms. The number of esters is 2. The van der Waals surface area contributed by atoms with Crippen LogP contribution in [0.1, 0.15) is 232 Å². The maximum Gasteiger partial charge on any atom is 0.472 e. The van der Waals surface area contributed by atoms with E-state index in [9.17, 15) is 19.0 Å². The van der Waals surface area contributed by atoms with Gasteiger partial charge >= 0.3 is 19.8 Å². The highest BCUT2D eigenvalue weighted by molar-refractivity contribution is 7.47. The minimum atomic E-state index is -4.39. The van der Waals surface area contributed by atoms with E-state index < -0.39 is 32.5 Å². The van der Waals surface area contributed by atoms with Crippen LogP contribution in [0.3, 0.4) is 0 Å². The molecule has 0 amide bonds. The van der Waals surface area contributed by atoms with Crippen LogP contribution in [0.5, 0.6) is 0 Å². The van der Waals surface area contributed by atoms with Crippen molar-refractivity contribution in [3.8, 4) is 0 Å². The van der Waals surface area contributed by atoms with E-state index in [1.807, 2.05) is 21.1 Å². The third-order valence-electron chi connectivity index (χ3n) is 11.1. The summed E-state index contributed by atoms with van der Waals surface area (Å²) in [6.45, 7) is 4.39. The number of carbonyl (C=O) groups is 2. The number of quaternary nitrogens is 1. The molecule has 0 bridgehead atoms. The molecule has 0 aliphatic heterocycles. The number of carbonyl (C=O) groups excluding carboxylic acids is 2. The average molecular weight is 897 g/mol. The predicted molar refractivity (Wildman–Crippen MR) is 261 cm³/mol. The van der Waals surface area contributed by atoms with Gasteiger partial charge in [0, 0.05) is 12.8 Å². The number of hydrogen-bond donors (Lipinski definition) is 1. The molecule has 0 fully saturated rings. The minimum absolute atomic E-state index is 0.0236. The molecule has 0 rings (SSSR count). The van der Waals surface area contributed by atoms with E-state index in [0.29, 0.717) is 23.9 Å². The van der Waals surface area contributed by atoms with Crippen molar-refractivity contribution < 1.29 is 42.1 Å². The molecular formula is C52H99NO8P+. The van der Waals surface area contributed by atoms with Crippen LogP contribution in [-0.4, -0.2) is 74.9 Å². The van der Waals surface area contributed by atoms with Gasteiger partial charge in [-0.05, 0) is 70.6 Å². The van der Waals surface area contributed by atoms with Gasteiger partial charge in [0.15, 0.2) is 6.10 Å². The molecule has 364 valence electrons. The summed E-state index contributed by atoms with van der Waals surface area (Å²) in [5.74, 6) is -0.860. The van der Waals surface area contributed by atoms with Crippen LogP contribution in [0.25, 0.3) is 0 Å². The van der Waals surface area contributed by atoms with Crippen LogP contribution >= 0.6 is 7.82 Å². The first-order valence-corrected chi connectivity index (χ1v) is 27.2. The number of unbranched alkanes of at least 4 members (excludes halogenated alkanes) is 27. The maximum atomic E-state index is 12.7. The Morgan fingerprint density at radius 1 is 0.484 bits per heavy atom. The molecule has 0 spiro atoms. The molecule has 1 unspecified atom stereocenters. The van der Waals surface area contributed by atoms with Gasteiger partial charge in [0.2, 0.25) is 0 Å². The number of nitrogens with zero attached hydrogens (tertiary/aromatic N) is 1. The second-order valence-electron chi connectivity index (χ2n) is 18.5. The molecular weight excluding hydrogens is 798 g/mol. The Balaban J connectivity index is 4.28. The smallest absolute Gasteiger partial charge is 0.462 e. The summed E-state index contributed by atoms with van der Waals surface area (Å²) in [5.41, 5.74) is 0. The highest BCUT2D eigenvalue weighted by Crippen LogP contribution is 2.43. The van der Waals surface area contributed by atoms with E-state index in [2.05, 4.69) is 50.3 Å². The molecule has 0 heterocycles. The molecule has 0 aliphatic carbocycles. The first-order chi connectivity index (χ1) is 30.0. The van der Waals surface area contributed by atoms with Gasteiger partial charge in [0.05, 0.1) is 27.7 Å². The molecule has 0 aromatic carbocycles. The summed E-state index contributed by atoms with van der Waals surface area (Å²) in [6.07, 6.45) is 52.2. The van der Waals surface area contributed by atoms with E-state index in [1.54, 1.807) is 0 Å². The maximum absolute atomic E-state index is 12.7. The van der Waals surface area contributed by atoms with Gasteiger partial charge in [-0.25, -0.2) is 4.57 Å². The molecule has 0 saturated carbocycles. The van der Waals surface area contributed by atoms with E-state index in [4.69, 9.17) is 18.5 Å². The average Bonchev–Trinajstić information content (AvgIpc) is 3.23. The first kappa shape index (κ1) is 60.2. The Bertz CT molecular complexity index is 1150. The summed E-state index contributed by atoms with van der Waals surface area (Å²) < 4.78 is 34.4. The van der Waals surface area contributed by atoms with Crippen molar-refractivity contribution in [1.29, 1.82) is 0 Å².